The van der Waals surface area contributed by atoms with Gasteiger partial charge in [-0.1, -0.05) is 20.8 Å². The summed E-state index contributed by atoms with van der Waals surface area (Å²) in [6.07, 6.45) is 1.30. The third-order valence-corrected chi connectivity index (χ3v) is 3.45. The number of anilines is 1. The first kappa shape index (κ1) is 14.0. The molecule has 17 heavy (non-hydrogen) atoms. The summed E-state index contributed by atoms with van der Waals surface area (Å²) in [5.41, 5.74) is 1.10. The average molecular weight is 236 g/mol. The van der Waals surface area contributed by atoms with E-state index in [0.717, 1.165) is 11.4 Å². The monoisotopic (exact) mass is 236 g/mol. The fraction of sp³-hybridized carbons (Fsp3) is 0.643. The highest BCUT2D eigenvalue weighted by atomic mass is 16.3. The Morgan fingerprint density at radius 2 is 1.88 bits per heavy atom. The fourth-order valence-electron chi connectivity index (χ4n) is 1.67. The van der Waals surface area contributed by atoms with Gasteiger partial charge < -0.3 is 10.0 Å². The summed E-state index contributed by atoms with van der Waals surface area (Å²) in [5, 5.41) is 9.58. The van der Waals surface area contributed by atoms with Gasteiger partial charge in [-0.05, 0) is 37.0 Å². The molecule has 0 aliphatic rings. The number of pyridine rings is 1. The topological polar surface area (TPSA) is 36.4 Å². The molecule has 2 atom stereocenters. The summed E-state index contributed by atoms with van der Waals surface area (Å²) in [6.45, 7) is 10.6. The summed E-state index contributed by atoms with van der Waals surface area (Å²) in [4.78, 5) is 6.53. The summed E-state index contributed by atoms with van der Waals surface area (Å²) in [7, 11) is 2.05. The maximum absolute atomic E-state index is 9.58. The molecular formula is C14H24N2O. The first-order chi connectivity index (χ1) is 7.73. The minimum Gasteiger partial charge on any atom is -0.389 e. The van der Waals surface area contributed by atoms with Crippen LogP contribution in [0.5, 0.6) is 0 Å². The molecule has 3 nitrogen and oxygen atoms in total. The lowest BCUT2D eigenvalue weighted by atomic mass is 9.87. The Balaban J connectivity index is 2.96. The number of nitrogens with zero attached hydrogens (tertiary/aromatic N) is 2. The van der Waals surface area contributed by atoms with Gasteiger partial charge in [0.15, 0.2) is 0 Å². The number of hydrogen-bond acceptors (Lipinski definition) is 3. The molecule has 0 aliphatic carbocycles. The predicted octanol–water partition coefficient (Wildman–Crippen LogP) is 3.01. The molecule has 1 unspecified atom stereocenters. The zero-order valence-corrected chi connectivity index (χ0v) is 11.7. The van der Waals surface area contributed by atoms with Gasteiger partial charge in [-0.3, -0.25) is 0 Å². The number of aromatic nitrogens is 1. The van der Waals surface area contributed by atoms with Gasteiger partial charge in [0.05, 0.1) is 6.10 Å². The van der Waals surface area contributed by atoms with Crippen LogP contribution >= 0.6 is 0 Å². The van der Waals surface area contributed by atoms with Crippen LogP contribution in [0.2, 0.25) is 0 Å². The standard InChI is InChI=1S/C14H24N2O/c1-10(17)12-7-8-15-13(9-12)16(6)11(2)14(3,4)5/h7-11,17H,1-6H3/t10-,11?/m0/s1. The van der Waals surface area contributed by atoms with Crippen molar-refractivity contribution in [2.75, 3.05) is 11.9 Å². The number of hydrogen-bond donors (Lipinski definition) is 1. The van der Waals surface area contributed by atoms with Crippen molar-refractivity contribution in [3.8, 4) is 0 Å². The molecule has 3 heteroatoms. The summed E-state index contributed by atoms with van der Waals surface area (Å²) in [5.74, 6) is 0.908. The van der Waals surface area contributed by atoms with Gasteiger partial charge in [0.25, 0.3) is 0 Å². The molecular weight excluding hydrogens is 212 g/mol. The number of rotatable bonds is 3. The van der Waals surface area contributed by atoms with Gasteiger partial charge in [0, 0.05) is 19.3 Å². The molecule has 1 N–H and O–H groups in total. The maximum atomic E-state index is 9.58. The number of aliphatic hydroxyl groups is 1. The second-order valence-electron chi connectivity index (χ2n) is 5.78. The van der Waals surface area contributed by atoms with Gasteiger partial charge in [-0.25, -0.2) is 4.98 Å². The normalized spacial score (nSPS) is 15.5. The zero-order valence-electron chi connectivity index (χ0n) is 11.7. The van der Waals surface area contributed by atoms with Crippen LogP contribution in [-0.4, -0.2) is 23.2 Å². The van der Waals surface area contributed by atoms with E-state index in [-0.39, 0.29) is 5.41 Å². The van der Waals surface area contributed by atoms with Crippen molar-refractivity contribution < 1.29 is 5.11 Å². The summed E-state index contributed by atoms with van der Waals surface area (Å²) in [6, 6.07) is 4.18. The lowest BCUT2D eigenvalue weighted by Crippen LogP contribution is -2.39. The van der Waals surface area contributed by atoms with Crippen LogP contribution in [0.15, 0.2) is 18.3 Å². The second-order valence-corrected chi connectivity index (χ2v) is 5.78. The largest absolute Gasteiger partial charge is 0.389 e. The van der Waals surface area contributed by atoms with Crippen LogP contribution in [0.4, 0.5) is 5.82 Å². The van der Waals surface area contributed by atoms with Crippen LogP contribution in [0.1, 0.15) is 46.3 Å². The molecule has 0 saturated heterocycles. The maximum Gasteiger partial charge on any atom is 0.128 e. The smallest absolute Gasteiger partial charge is 0.128 e. The summed E-state index contributed by atoms with van der Waals surface area (Å²) < 4.78 is 0. The van der Waals surface area contributed by atoms with E-state index in [9.17, 15) is 5.11 Å². The molecule has 0 fully saturated rings. The van der Waals surface area contributed by atoms with Crippen LogP contribution in [-0.2, 0) is 0 Å². The van der Waals surface area contributed by atoms with Crippen molar-refractivity contribution in [1.82, 2.24) is 4.98 Å². The molecule has 0 spiro atoms. The van der Waals surface area contributed by atoms with Gasteiger partial charge in [0.2, 0.25) is 0 Å². The Labute approximate surface area is 104 Å². The van der Waals surface area contributed by atoms with Crippen LogP contribution < -0.4 is 4.90 Å². The van der Waals surface area contributed by atoms with E-state index in [4.69, 9.17) is 0 Å². The molecule has 0 aromatic carbocycles. The molecule has 0 bridgehead atoms. The molecule has 0 radical (unpaired) electrons. The Hall–Kier alpha value is -1.09. The van der Waals surface area contributed by atoms with E-state index in [0.29, 0.717) is 6.04 Å². The average Bonchev–Trinajstić information content (AvgIpc) is 2.26. The first-order valence-corrected chi connectivity index (χ1v) is 6.10. The Morgan fingerprint density at radius 3 is 2.35 bits per heavy atom. The van der Waals surface area contributed by atoms with Crippen molar-refractivity contribution in [2.45, 2.75) is 46.8 Å². The third kappa shape index (κ3) is 3.43. The molecule has 1 aromatic rings. The van der Waals surface area contributed by atoms with Crippen molar-refractivity contribution in [3.63, 3.8) is 0 Å². The van der Waals surface area contributed by atoms with Gasteiger partial charge in [0.1, 0.15) is 5.82 Å². The van der Waals surface area contributed by atoms with Crippen LogP contribution in [0.3, 0.4) is 0 Å². The highest BCUT2D eigenvalue weighted by Crippen LogP contribution is 2.27. The van der Waals surface area contributed by atoms with E-state index in [1.807, 2.05) is 19.2 Å². The highest BCUT2D eigenvalue weighted by Gasteiger charge is 2.24. The molecule has 1 rings (SSSR count). The van der Waals surface area contributed by atoms with E-state index in [1.165, 1.54) is 0 Å². The SMILES string of the molecule is CC(N(C)c1cc([C@H](C)O)ccn1)C(C)(C)C. The fourth-order valence-corrected chi connectivity index (χ4v) is 1.67. The molecule has 0 amide bonds. The molecule has 1 aromatic heterocycles. The van der Waals surface area contributed by atoms with E-state index < -0.39 is 6.10 Å². The lowest BCUT2D eigenvalue weighted by Gasteiger charge is -2.36. The second kappa shape index (κ2) is 5.05. The van der Waals surface area contributed by atoms with Gasteiger partial charge in [-0.15, -0.1) is 0 Å². The lowest BCUT2D eigenvalue weighted by molar-refractivity contribution is 0.199. The third-order valence-electron chi connectivity index (χ3n) is 3.45. The van der Waals surface area contributed by atoms with Crippen molar-refractivity contribution in [2.24, 2.45) is 5.41 Å². The van der Waals surface area contributed by atoms with Gasteiger partial charge >= 0.3 is 0 Å². The van der Waals surface area contributed by atoms with E-state index >= 15 is 0 Å². The highest BCUT2D eigenvalue weighted by molar-refractivity contribution is 5.42. The quantitative estimate of drug-likeness (QED) is 0.876. The molecule has 0 aliphatic heterocycles. The van der Waals surface area contributed by atoms with Crippen molar-refractivity contribution in [3.05, 3.63) is 23.9 Å². The van der Waals surface area contributed by atoms with E-state index in [1.54, 1.807) is 13.1 Å². The number of aliphatic hydroxyl groups excluding tert-OH is 1. The minimum absolute atomic E-state index is 0.192. The summed E-state index contributed by atoms with van der Waals surface area (Å²) >= 11 is 0. The Morgan fingerprint density at radius 1 is 1.29 bits per heavy atom. The predicted molar refractivity (Wildman–Crippen MR) is 72.2 cm³/mol. The minimum atomic E-state index is -0.449. The Bertz CT molecular complexity index is 369. The van der Waals surface area contributed by atoms with Crippen LogP contribution in [0, 0.1) is 5.41 Å². The van der Waals surface area contributed by atoms with Crippen molar-refractivity contribution in [1.29, 1.82) is 0 Å². The van der Waals surface area contributed by atoms with Gasteiger partial charge in [-0.2, -0.15) is 0 Å². The van der Waals surface area contributed by atoms with E-state index in [2.05, 4.69) is 37.6 Å². The molecule has 0 saturated carbocycles. The zero-order chi connectivity index (χ0) is 13.2. The molecule has 1 heterocycles. The van der Waals surface area contributed by atoms with Crippen molar-refractivity contribution >= 4 is 5.82 Å². The van der Waals surface area contributed by atoms with Crippen LogP contribution in [0.25, 0.3) is 0 Å². The molecule has 96 valence electrons. The first-order valence-electron chi connectivity index (χ1n) is 6.10. The Kier molecular flexibility index (Phi) is 4.15.